The Morgan fingerprint density at radius 2 is 1.77 bits per heavy atom. The van der Waals surface area contributed by atoms with E-state index in [0.717, 1.165) is 33.4 Å². The van der Waals surface area contributed by atoms with Crippen LogP contribution in [0.5, 0.6) is 0 Å². The van der Waals surface area contributed by atoms with Crippen LogP contribution in [0.3, 0.4) is 0 Å². The van der Waals surface area contributed by atoms with Gasteiger partial charge in [0.1, 0.15) is 5.60 Å². The number of rotatable bonds is 2. The first-order valence-corrected chi connectivity index (χ1v) is 9.75. The molecule has 26 heavy (non-hydrogen) atoms. The number of benzene rings is 2. The summed E-state index contributed by atoms with van der Waals surface area (Å²) in [6.45, 7) is 1.33. The number of nitrogens with one attached hydrogen (secondary N) is 2. The van der Waals surface area contributed by atoms with Gasteiger partial charge in [-0.3, -0.25) is 10.3 Å². The quantitative estimate of drug-likeness (QED) is 0.659. The van der Waals surface area contributed by atoms with Crippen LogP contribution in [0.15, 0.2) is 60.7 Å². The molecular formula is C20H20IN3O2. The molecule has 0 unspecified atom stereocenters. The zero-order valence-electron chi connectivity index (χ0n) is 14.2. The second-order valence-corrected chi connectivity index (χ2v) is 7.86. The number of nitrogens with zero attached hydrogens (tertiary/aromatic N) is 1. The first kappa shape index (κ1) is 17.4. The number of halogens is 1. The molecular weight excluding hydrogens is 441 g/mol. The lowest BCUT2D eigenvalue weighted by Gasteiger charge is -2.36. The molecule has 0 aliphatic carbocycles. The molecule has 2 aliphatic rings. The number of amides is 2. The summed E-state index contributed by atoms with van der Waals surface area (Å²) >= 11 is 2.25. The van der Waals surface area contributed by atoms with Gasteiger partial charge in [-0.25, -0.2) is 4.79 Å². The molecule has 2 heterocycles. The second kappa shape index (κ2) is 7.28. The van der Waals surface area contributed by atoms with Crippen molar-refractivity contribution in [2.24, 2.45) is 0 Å². The molecule has 2 amide bonds. The van der Waals surface area contributed by atoms with Crippen molar-refractivity contribution in [2.75, 3.05) is 18.4 Å². The standard InChI is InChI=1S/C20H20IN3O2/c21-16-6-8-17(9-7-16)22-19(25)24-12-10-20(11-13-24)14-18(23-26-20)15-4-2-1-3-5-15/h1-9,14,23H,10-13H2,(H,22,25). The fourth-order valence-electron chi connectivity index (χ4n) is 3.31. The zero-order valence-corrected chi connectivity index (χ0v) is 16.4. The molecule has 0 bridgehead atoms. The number of likely N-dealkylation sites (tertiary alicyclic amines) is 1. The molecule has 4 rings (SSSR count). The van der Waals surface area contributed by atoms with Crippen LogP contribution in [0.2, 0.25) is 0 Å². The summed E-state index contributed by atoms with van der Waals surface area (Å²) in [5, 5.41) is 2.96. The van der Waals surface area contributed by atoms with E-state index in [-0.39, 0.29) is 11.6 Å². The SMILES string of the molecule is O=C(Nc1ccc(I)cc1)N1CCC2(C=C(c3ccccc3)NO2)CC1. The molecule has 0 atom stereocenters. The summed E-state index contributed by atoms with van der Waals surface area (Å²) in [4.78, 5) is 20.2. The van der Waals surface area contributed by atoms with E-state index in [2.05, 4.69) is 51.6 Å². The van der Waals surface area contributed by atoms with Crippen LogP contribution >= 0.6 is 22.6 Å². The van der Waals surface area contributed by atoms with Crippen LogP contribution in [0.25, 0.3) is 5.70 Å². The molecule has 1 fully saturated rings. The van der Waals surface area contributed by atoms with Gasteiger partial charge in [0.25, 0.3) is 0 Å². The number of hydrogen-bond donors (Lipinski definition) is 2. The number of hydroxylamine groups is 1. The minimum Gasteiger partial charge on any atom is -0.324 e. The van der Waals surface area contributed by atoms with Crippen molar-refractivity contribution in [3.05, 3.63) is 69.8 Å². The van der Waals surface area contributed by atoms with E-state index >= 15 is 0 Å². The van der Waals surface area contributed by atoms with Crippen molar-refractivity contribution in [1.29, 1.82) is 0 Å². The Morgan fingerprint density at radius 3 is 2.46 bits per heavy atom. The van der Waals surface area contributed by atoms with Gasteiger partial charge in [0, 0.05) is 35.2 Å². The van der Waals surface area contributed by atoms with Crippen LogP contribution in [0, 0.1) is 3.57 Å². The molecule has 1 saturated heterocycles. The number of hydrogen-bond acceptors (Lipinski definition) is 3. The van der Waals surface area contributed by atoms with Crippen LogP contribution in [-0.2, 0) is 4.84 Å². The van der Waals surface area contributed by atoms with Crippen LogP contribution in [-0.4, -0.2) is 29.6 Å². The highest BCUT2D eigenvalue weighted by atomic mass is 127. The molecule has 5 nitrogen and oxygen atoms in total. The summed E-state index contributed by atoms with van der Waals surface area (Å²) in [7, 11) is 0. The van der Waals surface area contributed by atoms with E-state index in [4.69, 9.17) is 4.84 Å². The molecule has 1 spiro atoms. The fraction of sp³-hybridized carbons (Fsp3) is 0.250. The third-order valence-corrected chi connectivity index (χ3v) is 5.57. The third kappa shape index (κ3) is 3.71. The maximum absolute atomic E-state index is 12.5. The first-order chi connectivity index (χ1) is 12.6. The summed E-state index contributed by atoms with van der Waals surface area (Å²) in [6, 6.07) is 17.9. The Labute approximate surface area is 166 Å². The number of carbonyl (C=O) groups is 1. The van der Waals surface area contributed by atoms with Gasteiger partial charge in [-0.2, -0.15) is 0 Å². The van der Waals surface area contributed by atoms with Gasteiger partial charge in [-0.15, -0.1) is 0 Å². The van der Waals surface area contributed by atoms with Crippen molar-refractivity contribution in [2.45, 2.75) is 18.4 Å². The van der Waals surface area contributed by atoms with Crippen LogP contribution in [0.1, 0.15) is 18.4 Å². The van der Waals surface area contributed by atoms with Crippen molar-refractivity contribution in [1.82, 2.24) is 10.4 Å². The van der Waals surface area contributed by atoms with Gasteiger partial charge in [-0.1, -0.05) is 30.3 Å². The van der Waals surface area contributed by atoms with Gasteiger partial charge in [-0.05, 0) is 58.5 Å². The molecule has 2 aromatic rings. The van der Waals surface area contributed by atoms with Gasteiger partial charge in [0.05, 0.1) is 5.70 Å². The smallest absolute Gasteiger partial charge is 0.321 e. The molecule has 6 heteroatoms. The molecule has 2 N–H and O–H groups in total. The lowest BCUT2D eigenvalue weighted by atomic mass is 9.90. The van der Waals surface area contributed by atoms with E-state index in [1.54, 1.807) is 0 Å². The normalized spacial score (nSPS) is 18.3. The van der Waals surface area contributed by atoms with Gasteiger partial charge >= 0.3 is 6.03 Å². The predicted octanol–water partition coefficient (Wildman–Crippen LogP) is 4.23. The highest BCUT2D eigenvalue weighted by molar-refractivity contribution is 14.1. The minimum absolute atomic E-state index is 0.0562. The van der Waals surface area contributed by atoms with E-state index < -0.39 is 0 Å². The van der Waals surface area contributed by atoms with Gasteiger partial charge in [0.15, 0.2) is 0 Å². The summed E-state index contributed by atoms with van der Waals surface area (Å²) in [5.41, 5.74) is 5.67. The Morgan fingerprint density at radius 1 is 1.08 bits per heavy atom. The van der Waals surface area contributed by atoms with Crippen molar-refractivity contribution in [3.63, 3.8) is 0 Å². The zero-order chi connectivity index (χ0) is 18.0. The largest absolute Gasteiger partial charge is 0.324 e. The topological polar surface area (TPSA) is 53.6 Å². The lowest BCUT2D eigenvalue weighted by Crippen LogP contribution is -2.48. The summed E-state index contributed by atoms with van der Waals surface area (Å²) in [6.07, 6.45) is 3.71. The number of anilines is 1. The van der Waals surface area contributed by atoms with Crippen LogP contribution < -0.4 is 10.8 Å². The predicted molar refractivity (Wildman–Crippen MR) is 110 cm³/mol. The molecule has 0 radical (unpaired) electrons. The Balaban J connectivity index is 1.37. The second-order valence-electron chi connectivity index (χ2n) is 6.62. The van der Waals surface area contributed by atoms with Crippen molar-refractivity contribution < 1.29 is 9.63 Å². The molecule has 0 saturated carbocycles. The first-order valence-electron chi connectivity index (χ1n) is 8.67. The highest BCUT2D eigenvalue weighted by Gasteiger charge is 2.39. The molecule has 134 valence electrons. The molecule has 2 aromatic carbocycles. The Hall–Kier alpha value is -2.06. The maximum atomic E-state index is 12.5. The van der Waals surface area contributed by atoms with Crippen molar-refractivity contribution in [3.8, 4) is 0 Å². The number of carbonyl (C=O) groups excluding carboxylic acids is 1. The van der Waals surface area contributed by atoms with Gasteiger partial charge in [0.2, 0.25) is 0 Å². The monoisotopic (exact) mass is 461 g/mol. The van der Waals surface area contributed by atoms with E-state index in [0.29, 0.717) is 13.1 Å². The van der Waals surface area contributed by atoms with Crippen LogP contribution in [0.4, 0.5) is 10.5 Å². The number of urea groups is 1. The maximum Gasteiger partial charge on any atom is 0.321 e. The lowest BCUT2D eigenvalue weighted by molar-refractivity contribution is -0.0634. The third-order valence-electron chi connectivity index (χ3n) is 4.85. The molecule has 2 aliphatic heterocycles. The average molecular weight is 461 g/mol. The minimum atomic E-state index is -0.329. The van der Waals surface area contributed by atoms with E-state index in [1.165, 1.54) is 0 Å². The van der Waals surface area contributed by atoms with E-state index in [1.807, 2.05) is 47.4 Å². The fourth-order valence-corrected chi connectivity index (χ4v) is 3.67. The van der Waals surface area contributed by atoms with Crippen molar-refractivity contribution >= 4 is 40.0 Å². The van der Waals surface area contributed by atoms with E-state index in [9.17, 15) is 4.79 Å². The van der Waals surface area contributed by atoms with Gasteiger partial charge < -0.3 is 10.2 Å². The Bertz CT molecular complexity index is 813. The summed E-state index contributed by atoms with van der Waals surface area (Å²) in [5.74, 6) is 0. The Kier molecular flexibility index (Phi) is 4.86. The highest BCUT2D eigenvalue weighted by Crippen LogP contribution is 2.34. The summed E-state index contributed by atoms with van der Waals surface area (Å²) < 4.78 is 1.15. The number of piperidine rings is 1. The average Bonchev–Trinajstić information content (AvgIpc) is 3.08. The molecule has 0 aromatic heterocycles.